The van der Waals surface area contributed by atoms with E-state index in [0.717, 1.165) is 10.4 Å². The summed E-state index contributed by atoms with van der Waals surface area (Å²) in [6, 6.07) is 10.1. The van der Waals surface area contributed by atoms with Gasteiger partial charge in [-0.05, 0) is 36.1 Å². The highest BCUT2D eigenvalue weighted by Crippen LogP contribution is 2.23. The van der Waals surface area contributed by atoms with Gasteiger partial charge in [-0.2, -0.15) is 0 Å². The monoisotopic (exact) mass is 348 g/mol. The van der Waals surface area contributed by atoms with E-state index in [9.17, 15) is 9.18 Å². The first-order chi connectivity index (χ1) is 11.6. The molecule has 2 unspecified atom stereocenters. The standard InChI is InChI=1S/C18H21FN2O2S/c1-13(18(22)20-11-16-3-2-10-24-16)21-8-9-23-17(12-21)14-4-6-15(19)7-5-14/h2-7,10,13,17H,8-9,11-12H2,1H3,(H,20,22). The van der Waals surface area contributed by atoms with Crippen molar-refractivity contribution in [2.45, 2.75) is 25.6 Å². The molecule has 4 nitrogen and oxygen atoms in total. The Morgan fingerprint density at radius 1 is 1.42 bits per heavy atom. The van der Waals surface area contributed by atoms with E-state index in [1.807, 2.05) is 24.4 Å². The fourth-order valence-electron chi connectivity index (χ4n) is 2.80. The van der Waals surface area contributed by atoms with Gasteiger partial charge in [0.25, 0.3) is 0 Å². The maximum absolute atomic E-state index is 13.1. The molecule has 24 heavy (non-hydrogen) atoms. The normalized spacial score (nSPS) is 19.8. The number of hydrogen-bond donors (Lipinski definition) is 1. The molecule has 0 bridgehead atoms. The molecule has 3 rings (SSSR count). The SMILES string of the molecule is CC(C(=O)NCc1cccs1)N1CCOC(c2ccc(F)cc2)C1. The number of carbonyl (C=O) groups is 1. The predicted molar refractivity (Wildman–Crippen MR) is 92.3 cm³/mol. The van der Waals surface area contributed by atoms with Crippen LogP contribution < -0.4 is 5.32 Å². The van der Waals surface area contributed by atoms with Gasteiger partial charge in [0.1, 0.15) is 5.82 Å². The highest BCUT2D eigenvalue weighted by molar-refractivity contribution is 7.09. The van der Waals surface area contributed by atoms with E-state index in [-0.39, 0.29) is 23.9 Å². The summed E-state index contributed by atoms with van der Waals surface area (Å²) in [5, 5.41) is 4.98. The molecule has 0 radical (unpaired) electrons. The van der Waals surface area contributed by atoms with E-state index in [1.165, 1.54) is 12.1 Å². The molecule has 1 saturated heterocycles. The maximum Gasteiger partial charge on any atom is 0.237 e. The van der Waals surface area contributed by atoms with Gasteiger partial charge in [-0.1, -0.05) is 18.2 Å². The van der Waals surface area contributed by atoms with Crippen molar-refractivity contribution >= 4 is 17.2 Å². The molecule has 1 aromatic heterocycles. The first-order valence-corrected chi connectivity index (χ1v) is 8.92. The molecule has 1 N–H and O–H groups in total. The maximum atomic E-state index is 13.1. The summed E-state index contributed by atoms with van der Waals surface area (Å²) < 4.78 is 18.9. The van der Waals surface area contributed by atoms with Crippen LogP contribution in [-0.4, -0.2) is 36.5 Å². The number of carbonyl (C=O) groups excluding carboxylic acids is 1. The van der Waals surface area contributed by atoms with Gasteiger partial charge in [0.05, 0.1) is 25.3 Å². The van der Waals surface area contributed by atoms with E-state index in [2.05, 4.69) is 10.2 Å². The lowest BCUT2D eigenvalue weighted by Gasteiger charge is -2.36. The Kier molecular flexibility index (Phi) is 5.60. The van der Waals surface area contributed by atoms with E-state index in [1.54, 1.807) is 23.5 Å². The molecule has 2 aromatic rings. The Hall–Kier alpha value is -1.76. The van der Waals surface area contributed by atoms with Crippen molar-refractivity contribution < 1.29 is 13.9 Å². The summed E-state index contributed by atoms with van der Waals surface area (Å²) in [5.74, 6) is -0.240. The zero-order chi connectivity index (χ0) is 16.9. The van der Waals surface area contributed by atoms with Crippen molar-refractivity contribution in [3.8, 4) is 0 Å². The molecule has 6 heteroatoms. The first-order valence-electron chi connectivity index (χ1n) is 8.04. The number of ether oxygens (including phenoxy) is 1. The molecular weight excluding hydrogens is 327 g/mol. The Morgan fingerprint density at radius 2 is 2.21 bits per heavy atom. The molecule has 128 valence electrons. The second-order valence-electron chi connectivity index (χ2n) is 5.88. The van der Waals surface area contributed by atoms with Crippen molar-refractivity contribution in [1.29, 1.82) is 0 Å². The minimum atomic E-state index is -0.257. The minimum Gasteiger partial charge on any atom is -0.371 e. The Balaban J connectivity index is 1.56. The van der Waals surface area contributed by atoms with Gasteiger partial charge >= 0.3 is 0 Å². The molecule has 1 aliphatic rings. The molecule has 0 spiro atoms. The first kappa shape index (κ1) is 17.1. The van der Waals surface area contributed by atoms with Crippen molar-refractivity contribution in [2.24, 2.45) is 0 Å². The van der Waals surface area contributed by atoms with Crippen LogP contribution in [0.25, 0.3) is 0 Å². The summed E-state index contributed by atoms with van der Waals surface area (Å²) in [6.45, 7) is 4.37. The smallest absolute Gasteiger partial charge is 0.237 e. The van der Waals surface area contributed by atoms with E-state index in [4.69, 9.17) is 4.74 Å². The fourth-order valence-corrected chi connectivity index (χ4v) is 3.45. The number of halogens is 1. The van der Waals surface area contributed by atoms with E-state index >= 15 is 0 Å². The van der Waals surface area contributed by atoms with Crippen molar-refractivity contribution in [3.63, 3.8) is 0 Å². The molecule has 0 saturated carbocycles. The van der Waals surface area contributed by atoms with Crippen LogP contribution in [0.1, 0.15) is 23.5 Å². The molecule has 1 amide bonds. The van der Waals surface area contributed by atoms with Gasteiger partial charge in [0, 0.05) is 18.0 Å². The lowest BCUT2D eigenvalue weighted by atomic mass is 10.1. The van der Waals surface area contributed by atoms with Crippen molar-refractivity contribution in [1.82, 2.24) is 10.2 Å². The predicted octanol–water partition coefficient (Wildman–Crippen LogP) is 2.97. The number of nitrogens with zero attached hydrogens (tertiary/aromatic N) is 1. The van der Waals surface area contributed by atoms with Crippen LogP contribution in [0.3, 0.4) is 0 Å². The number of rotatable bonds is 5. The zero-order valence-corrected chi connectivity index (χ0v) is 14.4. The van der Waals surface area contributed by atoms with E-state index in [0.29, 0.717) is 26.2 Å². The van der Waals surface area contributed by atoms with Crippen LogP contribution in [0.5, 0.6) is 0 Å². The summed E-state index contributed by atoms with van der Waals surface area (Å²) in [4.78, 5) is 15.6. The molecule has 0 aliphatic carbocycles. The second-order valence-corrected chi connectivity index (χ2v) is 6.91. The summed E-state index contributed by atoms with van der Waals surface area (Å²) >= 11 is 1.63. The van der Waals surface area contributed by atoms with Gasteiger partial charge in [-0.25, -0.2) is 4.39 Å². The highest BCUT2D eigenvalue weighted by Gasteiger charge is 2.28. The number of nitrogens with one attached hydrogen (secondary N) is 1. The molecule has 1 fully saturated rings. The van der Waals surface area contributed by atoms with Gasteiger partial charge < -0.3 is 10.1 Å². The molecule has 2 heterocycles. The fraction of sp³-hybridized carbons (Fsp3) is 0.389. The summed E-state index contributed by atoms with van der Waals surface area (Å²) in [5.41, 5.74) is 0.937. The van der Waals surface area contributed by atoms with Crippen LogP contribution in [0, 0.1) is 5.82 Å². The largest absolute Gasteiger partial charge is 0.371 e. The van der Waals surface area contributed by atoms with Crippen LogP contribution in [0.2, 0.25) is 0 Å². The number of morpholine rings is 1. The van der Waals surface area contributed by atoms with Crippen LogP contribution in [-0.2, 0) is 16.1 Å². The number of benzene rings is 1. The lowest BCUT2D eigenvalue weighted by Crippen LogP contribution is -2.50. The van der Waals surface area contributed by atoms with Gasteiger partial charge in [0.15, 0.2) is 0 Å². The molecule has 2 atom stereocenters. The summed E-state index contributed by atoms with van der Waals surface area (Å²) in [6.07, 6.45) is -0.133. The third-order valence-electron chi connectivity index (χ3n) is 4.28. The summed E-state index contributed by atoms with van der Waals surface area (Å²) in [7, 11) is 0. The van der Waals surface area contributed by atoms with Gasteiger partial charge in [-0.3, -0.25) is 9.69 Å². The van der Waals surface area contributed by atoms with Crippen LogP contribution in [0.15, 0.2) is 41.8 Å². The van der Waals surface area contributed by atoms with Crippen LogP contribution >= 0.6 is 11.3 Å². The number of hydrogen-bond acceptors (Lipinski definition) is 4. The minimum absolute atomic E-state index is 0.0168. The van der Waals surface area contributed by atoms with Crippen LogP contribution in [0.4, 0.5) is 4.39 Å². The molecule has 1 aromatic carbocycles. The number of thiophene rings is 1. The second kappa shape index (κ2) is 7.88. The number of amides is 1. The third-order valence-corrected chi connectivity index (χ3v) is 5.16. The molecular formula is C18H21FN2O2S. The zero-order valence-electron chi connectivity index (χ0n) is 13.6. The van der Waals surface area contributed by atoms with Crippen molar-refractivity contribution in [2.75, 3.05) is 19.7 Å². The van der Waals surface area contributed by atoms with Gasteiger partial charge in [0.2, 0.25) is 5.91 Å². The van der Waals surface area contributed by atoms with E-state index < -0.39 is 0 Å². The average Bonchev–Trinajstić information content (AvgIpc) is 3.13. The third kappa shape index (κ3) is 4.20. The quantitative estimate of drug-likeness (QED) is 0.903. The lowest BCUT2D eigenvalue weighted by molar-refractivity contribution is -0.129. The topological polar surface area (TPSA) is 41.6 Å². The van der Waals surface area contributed by atoms with Crippen molar-refractivity contribution in [3.05, 3.63) is 58.0 Å². The average molecular weight is 348 g/mol. The highest BCUT2D eigenvalue weighted by atomic mass is 32.1. The van der Waals surface area contributed by atoms with Gasteiger partial charge in [-0.15, -0.1) is 11.3 Å². The Labute approximate surface area is 145 Å². The molecule has 1 aliphatic heterocycles. The Bertz CT molecular complexity index is 660. The Morgan fingerprint density at radius 3 is 2.92 bits per heavy atom.